The predicted octanol–water partition coefficient (Wildman–Crippen LogP) is 1.53. The predicted molar refractivity (Wildman–Crippen MR) is 41.4 cm³/mol. The molecule has 1 rings (SSSR count). The molecule has 0 amide bonds. The van der Waals surface area contributed by atoms with E-state index in [1.54, 1.807) is 0 Å². The molecule has 0 atom stereocenters. The van der Waals surface area contributed by atoms with Crippen LogP contribution in [-0.4, -0.2) is 24.1 Å². The van der Waals surface area contributed by atoms with Crippen molar-refractivity contribution in [1.82, 2.24) is 9.99 Å². The van der Waals surface area contributed by atoms with Gasteiger partial charge in [0, 0.05) is 14.1 Å². The highest BCUT2D eigenvalue weighted by Crippen LogP contribution is 2.21. The molecule has 0 aromatic carbocycles. The number of hydrazine groups is 1. The van der Waals surface area contributed by atoms with Gasteiger partial charge < -0.3 is 5.43 Å². The fraction of sp³-hybridized carbons (Fsp3) is 0.286. The van der Waals surface area contributed by atoms with Crippen molar-refractivity contribution in [2.75, 3.05) is 19.5 Å². The van der Waals surface area contributed by atoms with E-state index in [1.165, 1.54) is 14.1 Å². The Labute approximate surface area is 77.3 Å². The molecule has 1 aromatic rings. The number of halogens is 4. The number of rotatable bonds is 2. The van der Waals surface area contributed by atoms with E-state index >= 15 is 0 Å². The van der Waals surface area contributed by atoms with Crippen LogP contribution < -0.4 is 5.43 Å². The molecule has 0 fully saturated rings. The van der Waals surface area contributed by atoms with Crippen molar-refractivity contribution in [3.63, 3.8) is 0 Å². The van der Waals surface area contributed by atoms with Gasteiger partial charge in [-0.1, -0.05) is 0 Å². The van der Waals surface area contributed by atoms with Crippen molar-refractivity contribution in [3.05, 3.63) is 23.5 Å². The molecule has 0 radical (unpaired) electrons. The summed E-state index contributed by atoms with van der Waals surface area (Å²) in [7, 11) is 2.82. The van der Waals surface area contributed by atoms with Crippen molar-refractivity contribution < 1.29 is 17.6 Å². The SMILES string of the molecule is CN(C)Nc1c(F)c(F)nc(F)c1F. The number of aromatic nitrogens is 1. The topological polar surface area (TPSA) is 28.2 Å². The molecule has 7 heteroatoms. The Bertz CT molecular complexity index is 327. The molecule has 0 aliphatic rings. The van der Waals surface area contributed by atoms with Crippen LogP contribution >= 0.6 is 0 Å². The highest BCUT2D eigenvalue weighted by molar-refractivity contribution is 5.44. The smallest absolute Gasteiger partial charge is 0.253 e. The molecule has 0 unspecified atom stereocenters. The van der Waals surface area contributed by atoms with Gasteiger partial charge in [0.25, 0.3) is 11.9 Å². The maximum Gasteiger partial charge on any atom is 0.253 e. The van der Waals surface area contributed by atoms with Gasteiger partial charge in [0.15, 0.2) is 0 Å². The van der Waals surface area contributed by atoms with Crippen LogP contribution in [0.4, 0.5) is 23.2 Å². The normalized spacial score (nSPS) is 10.8. The molecule has 3 nitrogen and oxygen atoms in total. The summed E-state index contributed by atoms with van der Waals surface area (Å²) in [4.78, 5) is 2.40. The fourth-order valence-corrected chi connectivity index (χ4v) is 0.809. The summed E-state index contributed by atoms with van der Waals surface area (Å²) in [5.74, 6) is -6.49. The van der Waals surface area contributed by atoms with Gasteiger partial charge >= 0.3 is 0 Å². The summed E-state index contributed by atoms with van der Waals surface area (Å²) in [5.41, 5.74) is 1.18. The van der Waals surface area contributed by atoms with Crippen LogP contribution in [0.25, 0.3) is 0 Å². The molecule has 0 aliphatic carbocycles. The average molecular weight is 209 g/mol. The van der Waals surface area contributed by atoms with Gasteiger partial charge in [-0.3, -0.25) is 0 Å². The maximum absolute atomic E-state index is 12.9. The standard InChI is InChI=1S/C7H7F4N3/c1-14(2)13-5-3(8)6(10)12-7(11)4(5)9/h1-2H3,(H,12,13). The molecule has 0 bridgehead atoms. The average Bonchev–Trinajstić information content (AvgIpc) is 2.09. The van der Waals surface area contributed by atoms with Gasteiger partial charge in [-0.25, -0.2) is 5.01 Å². The van der Waals surface area contributed by atoms with E-state index in [0.717, 1.165) is 5.01 Å². The third-order valence-corrected chi connectivity index (χ3v) is 1.33. The monoisotopic (exact) mass is 209 g/mol. The molecule has 78 valence electrons. The minimum atomic E-state index is -1.69. The lowest BCUT2D eigenvalue weighted by Gasteiger charge is -2.14. The van der Waals surface area contributed by atoms with Crippen LogP contribution in [0.1, 0.15) is 0 Å². The van der Waals surface area contributed by atoms with Gasteiger partial charge in [0.05, 0.1) is 0 Å². The Morgan fingerprint density at radius 1 is 1.00 bits per heavy atom. The van der Waals surface area contributed by atoms with E-state index in [0.29, 0.717) is 0 Å². The van der Waals surface area contributed by atoms with Crippen LogP contribution in [-0.2, 0) is 0 Å². The minimum absolute atomic E-state index is 0.903. The lowest BCUT2D eigenvalue weighted by atomic mass is 10.3. The third-order valence-electron chi connectivity index (χ3n) is 1.33. The zero-order chi connectivity index (χ0) is 10.9. The van der Waals surface area contributed by atoms with Gasteiger partial charge in [-0.2, -0.15) is 22.5 Å². The van der Waals surface area contributed by atoms with Gasteiger partial charge in [0.2, 0.25) is 11.6 Å². The van der Waals surface area contributed by atoms with Crippen LogP contribution in [0.2, 0.25) is 0 Å². The second-order valence-corrected chi connectivity index (χ2v) is 2.70. The number of hydrogen-bond acceptors (Lipinski definition) is 3. The van der Waals surface area contributed by atoms with Gasteiger partial charge in [-0.05, 0) is 0 Å². The first kappa shape index (κ1) is 10.7. The van der Waals surface area contributed by atoms with E-state index in [9.17, 15) is 17.6 Å². The van der Waals surface area contributed by atoms with E-state index in [2.05, 4.69) is 10.4 Å². The van der Waals surface area contributed by atoms with E-state index in [4.69, 9.17) is 0 Å². The summed E-state index contributed by atoms with van der Waals surface area (Å²) in [6.07, 6.45) is 0. The van der Waals surface area contributed by atoms with E-state index in [-0.39, 0.29) is 0 Å². The zero-order valence-electron chi connectivity index (χ0n) is 7.41. The largest absolute Gasteiger partial charge is 0.314 e. The summed E-state index contributed by atoms with van der Waals surface area (Å²) in [5, 5.41) is 1.14. The van der Waals surface area contributed by atoms with E-state index in [1.807, 2.05) is 0 Å². The number of nitrogens with zero attached hydrogens (tertiary/aromatic N) is 2. The zero-order valence-corrected chi connectivity index (χ0v) is 7.41. The van der Waals surface area contributed by atoms with Crippen molar-refractivity contribution >= 4 is 5.69 Å². The molecule has 14 heavy (non-hydrogen) atoms. The van der Waals surface area contributed by atoms with Gasteiger partial charge in [-0.15, -0.1) is 0 Å². The quantitative estimate of drug-likeness (QED) is 0.454. The van der Waals surface area contributed by atoms with Crippen LogP contribution in [0.15, 0.2) is 0 Å². The van der Waals surface area contributed by atoms with Crippen molar-refractivity contribution in [2.24, 2.45) is 0 Å². The molecule has 0 aliphatic heterocycles. The molecular weight excluding hydrogens is 202 g/mol. The van der Waals surface area contributed by atoms with Crippen LogP contribution in [0.3, 0.4) is 0 Å². The fourth-order valence-electron chi connectivity index (χ4n) is 0.809. The minimum Gasteiger partial charge on any atom is -0.314 e. The molecule has 0 spiro atoms. The Balaban J connectivity index is 3.25. The molecule has 0 saturated heterocycles. The summed E-state index contributed by atoms with van der Waals surface area (Å²) in [6.45, 7) is 0. The number of nitrogens with one attached hydrogen (secondary N) is 1. The third kappa shape index (κ3) is 1.92. The first-order valence-corrected chi connectivity index (χ1v) is 3.57. The van der Waals surface area contributed by atoms with Crippen molar-refractivity contribution in [1.29, 1.82) is 0 Å². The number of pyridine rings is 1. The Hall–Kier alpha value is -1.37. The molecule has 1 N–H and O–H groups in total. The maximum atomic E-state index is 12.9. The second kappa shape index (κ2) is 3.79. The highest BCUT2D eigenvalue weighted by atomic mass is 19.2. The molecule has 0 saturated carbocycles. The second-order valence-electron chi connectivity index (χ2n) is 2.70. The highest BCUT2D eigenvalue weighted by Gasteiger charge is 2.20. The summed E-state index contributed by atoms with van der Waals surface area (Å²) >= 11 is 0. The molecule has 1 aromatic heterocycles. The Morgan fingerprint density at radius 3 is 1.79 bits per heavy atom. The van der Waals surface area contributed by atoms with Crippen LogP contribution in [0, 0.1) is 23.5 Å². The van der Waals surface area contributed by atoms with Crippen molar-refractivity contribution in [2.45, 2.75) is 0 Å². The molecular formula is C7H7F4N3. The summed E-state index contributed by atoms with van der Waals surface area (Å²) in [6, 6.07) is 0. The first-order valence-electron chi connectivity index (χ1n) is 3.57. The van der Waals surface area contributed by atoms with E-state index < -0.39 is 29.2 Å². The lowest BCUT2D eigenvalue weighted by molar-refractivity contribution is 0.398. The van der Waals surface area contributed by atoms with Crippen molar-refractivity contribution in [3.8, 4) is 0 Å². The number of anilines is 1. The Kier molecular flexibility index (Phi) is 2.90. The molecule has 1 heterocycles. The van der Waals surface area contributed by atoms with Crippen LogP contribution in [0.5, 0.6) is 0 Å². The van der Waals surface area contributed by atoms with Gasteiger partial charge in [0.1, 0.15) is 5.69 Å². The summed E-state index contributed by atoms with van der Waals surface area (Å²) < 4.78 is 50.8. The lowest BCUT2D eigenvalue weighted by Crippen LogP contribution is -2.22. The first-order chi connectivity index (χ1) is 6.43. The number of hydrogen-bond donors (Lipinski definition) is 1. The Morgan fingerprint density at radius 2 is 1.43 bits per heavy atom.